The first kappa shape index (κ1) is 15.8. The van der Waals surface area contributed by atoms with E-state index in [1.807, 2.05) is 19.2 Å². The predicted octanol–water partition coefficient (Wildman–Crippen LogP) is 4.31. The fourth-order valence-electron chi connectivity index (χ4n) is 2.66. The summed E-state index contributed by atoms with van der Waals surface area (Å²) in [5.41, 5.74) is 0.664. The Morgan fingerprint density at radius 1 is 1.40 bits per heavy atom. The summed E-state index contributed by atoms with van der Waals surface area (Å²) in [5.74, 6) is -0.0118. The maximum absolute atomic E-state index is 12.1. The topological polar surface area (TPSA) is 32.3 Å². The fourth-order valence-corrected chi connectivity index (χ4v) is 3.38. The Balaban J connectivity index is 1.88. The molecular weight excluding hydrogens is 340 g/mol. The number of likely N-dealkylation sites (N-methyl/N-ethyl adjacent to an activating group) is 1. The highest BCUT2D eigenvalue weighted by molar-refractivity contribution is 9.10. The third-order valence-corrected chi connectivity index (χ3v) is 4.60. The van der Waals surface area contributed by atoms with E-state index >= 15 is 0 Å². The van der Waals surface area contributed by atoms with Gasteiger partial charge in [-0.2, -0.15) is 0 Å². The zero-order valence-electron chi connectivity index (χ0n) is 11.7. The molecule has 0 atom stereocenters. The Hall–Kier alpha value is -0.580. The lowest BCUT2D eigenvalue weighted by Crippen LogP contribution is -2.39. The molecule has 0 spiro atoms. The first-order valence-electron chi connectivity index (χ1n) is 7.01. The summed E-state index contributed by atoms with van der Waals surface area (Å²) < 4.78 is 0.903. The van der Waals surface area contributed by atoms with Gasteiger partial charge in [0.25, 0.3) is 0 Å². The van der Waals surface area contributed by atoms with Crippen molar-refractivity contribution in [3.05, 3.63) is 27.7 Å². The number of carbonyl (C=O) groups is 1. The Bertz CT molecular complexity index is 475. The molecule has 110 valence electrons. The summed E-state index contributed by atoms with van der Waals surface area (Å²) >= 11 is 9.45. The molecule has 0 aromatic heterocycles. The zero-order chi connectivity index (χ0) is 14.5. The lowest BCUT2D eigenvalue weighted by Gasteiger charge is -2.30. The Kier molecular flexibility index (Phi) is 5.87. The van der Waals surface area contributed by atoms with Gasteiger partial charge in [0, 0.05) is 10.5 Å². The van der Waals surface area contributed by atoms with Crippen LogP contribution in [0.15, 0.2) is 22.7 Å². The number of nitrogens with zero attached hydrogens (tertiary/aromatic N) is 1. The molecule has 1 fully saturated rings. The molecule has 0 heterocycles. The third kappa shape index (κ3) is 4.47. The molecule has 3 nitrogen and oxygen atoms in total. The maximum Gasteiger partial charge on any atom is 0.238 e. The number of halogens is 2. The van der Waals surface area contributed by atoms with Crippen LogP contribution < -0.4 is 5.32 Å². The molecule has 0 bridgehead atoms. The van der Waals surface area contributed by atoms with E-state index in [1.165, 1.54) is 32.1 Å². The van der Waals surface area contributed by atoms with E-state index in [0.29, 0.717) is 23.3 Å². The van der Waals surface area contributed by atoms with E-state index < -0.39 is 0 Å². The van der Waals surface area contributed by atoms with E-state index in [-0.39, 0.29) is 5.91 Å². The number of carbonyl (C=O) groups excluding carboxylic acids is 1. The van der Waals surface area contributed by atoms with Crippen molar-refractivity contribution in [1.82, 2.24) is 4.90 Å². The summed E-state index contributed by atoms with van der Waals surface area (Å²) in [4.78, 5) is 14.2. The molecule has 1 aromatic rings. The molecule has 1 aliphatic carbocycles. The van der Waals surface area contributed by atoms with Gasteiger partial charge in [-0.1, -0.05) is 46.8 Å². The van der Waals surface area contributed by atoms with Crippen LogP contribution in [0.3, 0.4) is 0 Å². The molecule has 1 amide bonds. The predicted molar refractivity (Wildman–Crippen MR) is 87.3 cm³/mol. The van der Waals surface area contributed by atoms with Crippen molar-refractivity contribution < 1.29 is 4.79 Å². The van der Waals surface area contributed by atoms with Gasteiger partial charge in [0.05, 0.1) is 17.3 Å². The second kappa shape index (κ2) is 7.43. The van der Waals surface area contributed by atoms with Gasteiger partial charge in [-0.25, -0.2) is 0 Å². The number of amides is 1. The summed E-state index contributed by atoms with van der Waals surface area (Å²) in [6, 6.07) is 5.99. The number of benzene rings is 1. The largest absolute Gasteiger partial charge is 0.324 e. The van der Waals surface area contributed by atoms with Crippen LogP contribution in [0, 0.1) is 0 Å². The van der Waals surface area contributed by atoms with Crippen LogP contribution in [0.1, 0.15) is 32.1 Å². The molecule has 20 heavy (non-hydrogen) atoms. The molecular formula is C15H20BrClN2O. The molecule has 0 unspecified atom stereocenters. The number of nitrogens with one attached hydrogen (secondary N) is 1. The van der Waals surface area contributed by atoms with Crippen molar-refractivity contribution >= 4 is 39.1 Å². The van der Waals surface area contributed by atoms with Gasteiger partial charge < -0.3 is 5.32 Å². The van der Waals surface area contributed by atoms with Crippen LogP contribution in [0.4, 0.5) is 5.69 Å². The zero-order valence-corrected chi connectivity index (χ0v) is 14.0. The third-order valence-electron chi connectivity index (χ3n) is 3.80. The second-order valence-corrected chi connectivity index (χ2v) is 6.70. The Morgan fingerprint density at radius 3 is 2.75 bits per heavy atom. The van der Waals surface area contributed by atoms with Crippen molar-refractivity contribution in [2.75, 3.05) is 18.9 Å². The normalized spacial score (nSPS) is 16.4. The second-order valence-electron chi connectivity index (χ2n) is 5.38. The summed E-state index contributed by atoms with van der Waals surface area (Å²) in [6.07, 6.45) is 6.26. The van der Waals surface area contributed by atoms with Crippen molar-refractivity contribution in [1.29, 1.82) is 0 Å². The molecule has 1 saturated carbocycles. The number of anilines is 1. The maximum atomic E-state index is 12.1. The van der Waals surface area contributed by atoms with Crippen LogP contribution in [0.2, 0.25) is 5.02 Å². The SMILES string of the molecule is CN(CC(=O)Nc1ccc(Br)cc1Cl)C1CCCCC1. The van der Waals surface area contributed by atoms with Gasteiger partial charge >= 0.3 is 0 Å². The summed E-state index contributed by atoms with van der Waals surface area (Å²) in [7, 11) is 2.03. The lowest BCUT2D eigenvalue weighted by atomic mass is 9.94. The first-order valence-corrected chi connectivity index (χ1v) is 8.18. The van der Waals surface area contributed by atoms with E-state index in [0.717, 1.165) is 4.47 Å². The minimum absolute atomic E-state index is 0.0118. The number of hydrogen-bond donors (Lipinski definition) is 1. The van der Waals surface area contributed by atoms with Crippen molar-refractivity contribution in [3.63, 3.8) is 0 Å². The molecule has 0 aliphatic heterocycles. The average Bonchev–Trinajstić information content (AvgIpc) is 2.43. The number of rotatable bonds is 4. The first-order chi connectivity index (χ1) is 9.56. The Labute approximate surface area is 133 Å². The number of hydrogen-bond acceptors (Lipinski definition) is 2. The van der Waals surface area contributed by atoms with E-state index in [9.17, 15) is 4.79 Å². The Morgan fingerprint density at radius 2 is 2.10 bits per heavy atom. The molecule has 1 aromatic carbocycles. The van der Waals surface area contributed by atoms with Crippen molar-refractivity contribution in [3.8, 4) is 0 Å². The van der Waals surface area contributed by atoms with Gasteiger partial charge in [0.2, 0.25) is 5.91 Å². The smallest absolute Gasteiger partial charge is 0.238 e. The lowest BCUT2D eigenvalue weighted by molar-refractivity contribution is -0.117. The highest BCUT2D eigenvalue weighted by Gasteiger charge is 2.20. The standard InChI is InChI=1S/C15H20BrClN2O/c1-19(12-5-3-2-4-6-12)10-15(20)18-14-8-7-11(16)9-13(14)17/h7-9,12H,2-6,10H2,1H3,(H,18,20). The van der Waals surface area contributed by atoms with Gasteiger partial charge in [0.1, 0.15) is 0 Å². The van der Waals surface area contributed by atoms with Crippen LogP contribution in [0.5, 0.6) is 0 Å². The van der Waals surface area contributed by atoms with Crippen LogP contribution in [-0.4, -0.2) is 30.4 Å². The average molecular weight is 360 g/mol. The molecule has 0 radical (unpaired) electrons. The molecule has 0 saturated heterocycles. The summed E-state index contributed by atoms with van der Waals surface area (Å²) in [5, 5.41) is 3.42. The monoisotopic (exact) mass is 358 g/mol. The highest BCUT2D eigenvalue weighted by Crippen LogP contribution is 2.26. The van der Waals surface area contributed by atoms with E-state index in [4.69, 9.17) is 11.6 Å². The van der Waals surface area contributed by atoms with Gasteiger partial charge in [0.15, 0.2) is 0 Å². The minimum Gasteiger partial charge on any atom is -0.324 e. The molecule has 5 heteroatoms. The van der Waals surface area contributed by atoms with Crippen LogP contribution in [-0.2, 0) is 4.79 Å². The quantitative estimate of drug-likeness (QED) is 0.869. The highest BCUT2D eigenvalue weighted by atomic mass is 79.9. The van der Waals surface area contributed by atoms with Crippen LogP contribution in [0.25, 0.3) is 0 Å². The molecule has 1 N–H and O–H groups in total. The minimum atomic E-state index is -0.0118. The summed E-state index contributed by atoms with van der Waals surface area (Å²) in [6.45, 7) is 0.414. The van der Waals surface area contributed by atoms with Crippen molar-refractivity contribution in [2.24, 2.45) is 0 Å². The van der Waals surface area contributed by atoms with E-state index in [2.05, 4.69) is 26.1 Å². The van der Waals surface area contributed by atoms with Gasteiger partial charge in [-0.05, 0) is 38.1 Å². The van der Waals surface area contributed by atoms with E-state index in [1.54, 1.807) is 6.07 Å². The van der Waals surface area contributed by atoms with Crippen LogP contribution >= 0.6 is 27.5 Å². The fraction of sp³-hybridized carbons (Fsp3) is 0.533. The van der Waals surface area contributed by atoms with Crippen molar-refractivity contribution in [2.45, 2.75) is 38.1 Å². The van der Waals surface area contributed by atoms with Gasteiger partial charge in [-0.15, -0.1) is 0 Å². The van der Waals surface area contributed by atoms with Gasteiger partial charge in [-0.3, -0.25) is 9.69 Å². The molecule has 1 aliphatic rings. The molecule has 2 rings (SSSR count).